The van der Waals surface area contributed by atoms with Crippen molar-refractivity contribution in [3.63, 3.8) is 0 Å². The van der Waals surface area contributed by atoms with Gasteiger partial charge in [0.15, 0.2) is 0 Å². The van der Waals surface area contributed by atoms with Gasteiger partial charge in [-0.1, -0.05) is 19.0 Å². The third-order valence-corrected chi connectivity index (χ3v) is 3.15. The molecule has 5 nitrogen and oxygen atoms in total. The van der Waals surface area contributed by atoms with Gasteiger partial charge < -0.3 is 10.3 Å². The minimum Gasteiger partial charge on any atom is -0.338 e. The first kappa shape index (κ1) is 14.1. The van der Waals surface area contributed by atoms with Gasteiger partial charge in [-0.25, -0.2) is 0 Å². The van der Waals surface area contributed by atoms with Crippen molar-refractivity contribution in [2.45, 2.75) is 26.2 Å². The molecule has 0 atom stereocenters. The maximum absolute atomic E-state index is 11.5. The monoisotopic (exact) mass is 257 g/mol. The molecule has 1 aromatic rings. The number of nitrogens with one attached hydrogen (secondary N) is 1. The maximum atomic E-state index is 11.5. The smallest absolute Gasteiger partial charge is 0.236 e. The number of anilines is 1. The quantitative estimate of drug-likeness (QED) is 0.728. The summed E-state index contributed by atoms with van der Waals surface area (Å²) in [5.74, 6) is 1.95. The van der Waals surface area contributed by atoms with Crippen molar-refractivity contribution in [3.8, 4) is 0 Å². The number of rotatable bonds is 7. The second-order valence-electron chi connectivity index (χ2n) is 4.01. The van der Waals surface area contributed by atoms with E-state index in [2.05, 4.69) is 10.5 Å². The number of aromatic nitrogens is 1. The summed E-state index contributed by atoms with van der Waals surface area (Å²) >= 11 is 1.56. The summed E-state index contributed by atoms with van der Waals surface area (Å²) in [7, 11) is 0. The second kappa shape index (κ2) is 7.34. The molecule has 0 radical (unpaired) electrons. The fraction of sp³-hybridized carbons (Fsp3) is 0.636. The Balaban J connectivity index is 2.29. The van der Waals surface area contributed by atoms with Gasteiger partial charge in [0.25, 0.3) is 0 Å². The van der Waals surface area contributed by atoms with E-state index in [0.29, 0.717) is 24.1 Å². The number of thioether (sulfide) groups is 1. The SMILES string of the molecule is CC(C)c1cc(NC(=O)CSCCCN)on1. The first-order chi connectivity index (χ1) is 8.13. The van der Waals surface area contributed by atoms with E-state index in [9.17, 15) is 4.79 Å². The van der Waals surface area contributed by atoms with Crippen molar-refractivity contribution >= 4 is 23.6 Å². The van der Waals surface area contributed by atoms with E-state index in [0.717, 1.165) is 17.9 Å². The van der Waals surface area contributed by atoms with Crippen LogP contribution in [0.3, 0.4) is 0 Å². The van der Waals surface area contributed by atoms with Crippen LogP contribution in [0.1, 0.15) is 31.9 Å². The number of nitrogens with two attached hydrogens (primary N) is 1. The minimum absolute atomic E-state index is 0.0709. The molecule has 6 heteroatoms. The molecule has 0 bridgehead atoms. The Kier molecular flexibility index (Phi) is 6.07. The molecule has 1 amide bonds. The Labute approximate surface area is 105 Å². The average Bonchev–Trinajstić information content (AvgIpc) is 2.73. The van der Waals surface area contributed by atoms with E-state index < -0.39 is 0 Å². The summed E-state index contributed by atoms with van der Waals surface area (Å²) < 4.78 is 5.01. The van der Waals surface area contributed by atoms with Crippen molar-refractivity contribution < 1.29 is 9.32 Å². The second-order valence-corrected chi connectivity index (χ2v) is 5.12. The van der Waals surface area contributed by atoms with Gasteiger partial charge >= 0.3 is 0 Å². The zero-order valence-corrected chi connectivity index (χ0v) is 11.0. The molecule has 1 aromatic heterocycles. The largest absolute Gasteiger partial charge is 0.338 e. The maximum Gasteiger partial charge on any atom is 0.236 e. The van der Waals surface area contributed by atoms with Gasteiger partial charge in [0.1, 0.15) is 0 Å². The van der Waals surface area contributed by atoms with Crippen LogP contribution >= 0.6 is 11.8 Å². The Morgan fingerprint density at radius 3 is 3.00 bits per heavy atom. The van der Waals surface area contributed by atoms with Crippen LogP contribution in [0.5, 0.6) is 0 Å². The lowest BCUT2D eigenvalue weighted by atomic mass is 10.1. The van der Waals surface area contributed by atoms with Gasteiger partial charge in [0, 0.05) is 6.07 Å². The summed E-state index contributed by atoms with van der Waals surface area (Å²) in [6.45, 7) is 4.70. The van der Waals surface area contributed by atoms with Gasteiger partial charge in [0.2, 0.25) is 11.8 Å². The molecule has 0 aromatic carbocycles. The Morgan fingerprint density at radius 2 is 2.41 bits per heavy atom. The molecule has 17 heavy (non-hydrogen) atoms. The van der Waals surface area contributed by atoms with E-state index in [1.807, 2.05) is 13.8 Å². The van der Waals surface area contributed by atoms with Crippen LogP contribution in [-0.4, -0.2) is 29.1 Å². The predicted octanol–water partition coefficient (Wildman–Crippen LogP) is 1.82. The third kappa shape index (κ3) is 5.23. The van der Waals surface area contributed by atoms with Crippen molar-refractivity contribution in [2.75, 3.05) is 23.4 Å². The molecular formula is C11H19N3O2S. The summed E-state index contributed by atoms with van der Waals surface area (Å²) in [6, 6.07) is 1.76. The van der Waals surface area contributed by atoms with Crippen LogP contribution in [0.15, 0.2) is 10.6 Å². The summed E-state index contributed by atoms with van der Waals surface area (Å²) in [5, 5.41) is 6.54. The Morgan fingerprint density at radius 1 is 1.65 bits per heavy atom. The average molecular weight is 257 g/mol. The molecule has 0 fully saturated rings. The normalized spacial score (nSPS) is 10.8. The topological polar surface area (TPSA) is 81.2 Å². The molecule has 0 unspecified atom stereocenters. The summed E-state index contributed by atoms with van der Waals surface area (Å²) in [6.07, 6.45) is 0.928. The van der Waals surface area contributed by atoms with Crippen LogP contribution in [-0.2, 0) is 4.79 Å². The fourth-order valence-corrected chi connectivity index (χ4v) is 1.92. The molecule has 1 heterocycles. The minimum atomic E-state index is -0.0709. The van der Waals surface area contributed by atoms with Gasteiger partial charge in [-0.15, -0.1) is 0 Å². The first-order valence-corrected chi connectivity index (χ1v) is 6.83. The highest BCUT2D eigenvalue weighted by Gasteiger charge is 2.10. The van der Waals surface area contributed by atoms with Crippen molar-refractivity contribution in [1.29, 1.82) is 0 Å². The first-order valence-electron chi connectivity index (χ1n) is 5.67. The van der Waals surface area contributed by atoms with E-state index in [1.54, 1.807) is 17.8 Å². The van der Waals surface area contributed by atoms with Crippen molar-refractivity contribution in [3.05, 3.63) is 11.8 Å². The van der Waals surface area contributed by atoms with Gasteiger partial charge in [-0.05, 0) is 24.6 Å². The number of hydrogen-bond acceptors (Lipinski definition) is 5. The molecule has 1 rings (SSSR count). The third-order valence-electron chi connectivity index (χ3n) is 2.11. The lowest BCUT2D eigenvalue weighted by Gasteiger charge is -2.00. The molecule has 0 saturated heterocycles. The molecule has 0 saturated carbocycles. The lowest BCUT2D eigenvalue weighted by molar-refractivity contribution is -0.113. The number of hydrogen-bond donors (Lipinski definition) is 2. The lowest BCUT2D eigenvalue weighted by Crippen LogP contribution is -2.14. The summed E-state index contributed by atoms with van der Waals surface area (Å²) in [4.78, 5) is 11.5. The highest BCUT2D eigenvalue weighted by atomic mass is 32.2. The molecule has 0 aliphatic rings. The van der Waals surface area contributed by atoms with E-state index in [4.69, 9.17) is 10.3 Å². The molecule has 0 spiro atoms. The number of carbonyl (C=O) groups is 1. The molecule has 96 valence electrons. The predicted molar refractivity (Wildman–Crippen MR) is 70.2 cm³/mol. The molecule has 0 aliphatic carbocycles. The fourth-order valence-electron chi connectivity index (χ4n) is 1.14. The summed E-state index contributed by atoms with van der Waals surface area (Å²) in [5.41, 5.74) is 6.21. The van der Waals surface area contributed by atoms with E-state index in [-0.39, 0.29) is 5.91 Å². The Bertz CT molecular complexity index is 352. The zero-order chi connectivity index (χ0) is 12.7. The number of amides is 1. The van der Waals surface area contributed by atoms with E-state index >= 15 is 0 Å². The van der Waals surface area contributed by atoms with Crippen LogP contribution in [0.4, 0.5) is 5.88 Å². The number of nitrogens with zero attached hydrogens (tertiary/aromatic N) is 1. The highest BCUT2D eigenvalue weighted by molar-refractivity contribution is 7.99. The molecule has 0 aliphatic heterocycles. The molecular weight excluding hydrogens is 238 g/mol. The van der Waals surface area contributed by atoms with Crippen LogP contribution in [0.25, 0.3) is 0 Å². The standard InChI is InChI=1S/C11H19N3O2S/c1-8(2)9-6-11(16-14-9)13-10(15)7-17-5-3-4-12/h6,8H,3-5,7,12H2,1-2H3,(H,13,15). The number of carbonyl (C=O) groups excluding carboxylic acids is 1. The van der Waals surface area contributed by atoms with Gasteiger partial charge in [-0.3, -0.25) is 10.1 Å². The highest BCUT2D eigenvalue weighted by Crippen LogP contribution is 2.17. The zero-order valence-electron chi connectivity index (χ0n) is 10.2. The van der Waals surface area contributed by atoms with Crippen molar-refractivity contribution in [1.82, 2.24) is 5.16 Å². The van der Waals surface area contributed by atoms with E-state index in [1.165, 1.54) is 0 Å². The van der Waals surface area contributed by atoms with Crippen LogP contribution < -0.4 is 11.1 Å². The van der Waals surface area contributed by atoms with Gasteiger partial charge in [0.05, 0.1) is 11.4 Å². The van der Waals surface area contributed by atoms with Gasteiger partial charge in [-0.2, -0.15) is 11.8 Å². The Hall–Kier alpha value is -1.01. The molecule has 3 N–H and O–H groups in total. The van der Waals surface area contributed by atoms with Crippen molar-refractivity contribution in [2.24, 2.45) is 5.73 Å². The van der Waals surface area contributed by atoms with Crippen LogP contribution in [0, 0.1) is 0 Å². The van der Waals surface area contributed by atoms with Crippen LogP contribution in [0.2, 0.25) is 0 Å².